The molecule has 0 spiro atoms. The molecule has 1 aromatic heterocycles. The van der Waals surface area contributed by atoms with Gasteiger partial charge in [0.15, 0.2) is 5.58 Å². The highest BCUT2D eigenvalue weighted by atomic mass is 16.4. The van der Waals surface area contributed by atoms with E-state index in [0.717, 1.165) is 19.4 Å². The molecule has 0 aliphatic heterocycles. The van der Waals surface area contributed by atoms with Crippen LogP contribution < -0.4 is 5.76 Å². The van der Waals surface area contributed by atoms with Crippen molar-refractivity contribution in [2.24, 2.45) is 7.05 Å². The number of carbonyl (C=O) groups is 1. The van der Waals surface area contributed by atoms with E-state index in [1.165, 1.54) is 4.57 Å². The number of unbranched alkanes of at least 4 members (excludes halogenated alkanes) is 1. The second-order valence-corrected chi connectivity index (χ2v) is 4.69. The first-order chi connectivity index (χ1) is 9.04. The summed E-state index contributed by atoms with van der Waals surface area (Å²) in [4.78, 5) is 25.3. The van der Waals surface area contributed by atoms with E-state index >= 15 is 0 Å². The predicted molar refractivity (Wildman–Crippen MR) is 73.3 cm³/mol. The molecule has 5 nitrogen and oxygen atoms in total. The molecule has 102 valence electrons. The molecule has 0 N–H and O–H groups in total. The third-order valence-corrected chi connectivity index (χ3v) is 3.23. The Kier molecular flexibility index (Phi) is 3.74. The summed E-state index contributed by atoms with van der Waals surface area (Å²) < 4.78 is 6.44. The van der Waals surface area contributed by atoms with Gasteiger partial charge in [0, 0.05) is 26.2 Å². The molecule has 0 atom stereocenters. The van der Waals surface area contributed by atoms with E-state index in [-0.39, 0.29) is 5.91 Å². The van der Waals surface area contributed by atoms with Crippen LogP contribution in [0, 0.1) is 0 Å². The number of rotatable bonds is 4. The summed E-state index contributed by atoms with van der Waals surface area (Å²) in [7, 11) is 3.42. The number of carbonyl (C=O) groups excluding carboxylic acids is 1. The lowest BCUT2D eigenvalue weighted by Crippen LogP contribution is -2.27. The lowest BCUT2D eigenvalue weighted by Gasteiger charge is -2.16. The van der Waals surface area contributed by atoms with Crippen molar-refractivity contribution in [1.82, 2.24) is 9.47 Å². The van der Waals surface area contributed by atoms with E-state index in [1.807, 2.05) is 0 Å². The highest BCUT2D eigenvalue weighted by molar-refractivity contribution is 5.97. The van der Waals surface area contributed by atoms with Gasteiger partial charge in [-0.1, -0.05) is 13.3 Å². The molecule has 19 heavy (non-hydrogen) atoms. The van der Waals surface area contributed by atoms with E-state index in [0.29, 0.717) is 16.7 Å². The molecule has 1 heterocycles. The van der Waals surface area contributed by atoms with Crippen molar-refractivity contribution in [2.75, 3.05) is 13.6 Å². The third-order valence-electron chi connectivity index (χ3n) is 3.23. The minimum Gasteiger partial charge on any atom is -0.408 e. The van der Waals surface area contributed by atoms with Crippen molar-refractivity contribution in [3.63, 3.8) is 0 Å². The lowest BCUT2D eigenvalue weighted by atomic mass is 10.1. The van der Waals surface area contributed by atoms with Crippen molar-refractivity contribution in [3.05, 3.63) is 34.3 Å². The summed E-state index contributed by atoms with van der Waals surface area (Å²) in [6, 6.07) is 5.05. The van der Waals surface area contributed by atoms with Gasteiger partial charge in [0.2, 0.25) is 0 Å². The van der Waals surface area contributed by atoms with Gasteiger partial charge < -0.3 is 9.32 Å². The molecule has 0 aliphatic rings. The van der Waals surface area contributed by atoms with Crippen molar-refractivity contribution in [2.45, 2.75) is 19.8 Å². The normalized spacial score (nSPS) is 10.9. The van der Waals surface area contributed by atoms with Gasteiger partial charge in [0.1, 0.15) is 0 Å². The standard InChI is InChI=1S/C14H18N2O3/c1-4-5-8-15(2)13(17)10-6-7-12-11(9-10)16(3)14(18)19-12/h6-7,9H,4-5,8H2,1-3H3. The van der Waals surface area contributed by atoms with Crippen LogP contribution in [0.2, 0.25) is 0 Å². The predicted octanol–water partition coefficient (Wildman–Crippen LogP) is 2.00. The first kappa shape index (κ1) is 13.4. The minimum atomic E-state index is -0.418. The first-order valence-electron chi connectivity index (χ1n) is 6.39. The molecular formula is C14H18N2O3. The number of oxazole rings is 1. The zero-order valence-electron chi connectivity index (χ0n) is 11.5. The summed E-state index contributed by atoms with van der Waals surface area (Å²) in [5.41, 5.74) is 1.71. The first-order valence-corrected chi connectivity index (χ1v) is 6.39. The zero-order chi connectivity index (χ0) is 14.0. The Balaban J connectivity index is 2.32. The molecule has 0 aliphatic carbocycles. The Bertz CT molecular complexity index is 654. The fourth-order valence-corrected chi connectivity index (χ4v) is 1.98. The van der Waals surface area contributed by atoms with Gasteiger partial charge >= 0.3 is 5.76 Å². The van der Waals surface area contributed by atoms with Crippen molar-refractivity contribution < 1.29 is 9.21 Å². The maximum atomic E-state index is 12.2. The van der Waals surface area contributed by atoms with Gasteiger partial charge in [0.25, 0.3) is 5.91 Å². The SMILES string of the molecule is CCCCN(C)C(=O)c1ccc2oc(=O)n(C)c2c1. The van der Waals surface area contributed by atoms with Gasteiger partial charge in [-0.3, -0.25) is 9.36 Å². The van der Waals surface area contributed by atoms with Gasteiger partial charge in [-0.15, -0.1) is 0 Å². The van der Waals surface area contributed by atoms with Crippen molar-refractivity contribution >= 4 is 17.0 Å². The van der Waals surface area contributed by atoms with Crippen LogP contribution in [0.15, 0.2) is 27.4 Å². The Morgan fingerprint density at radius 3 is 2.84 bits per heavy atom. The van der Waals surface area contributed by atoms with Gasteiger partial charge in [-0.05, 0) is 24.6 Å². The summed E-state index contributed by atoms with van der Waals surface area (Å²) in [5, 5.41) is 0. The van der Waals surface area contributed by atoms with Gasteiger partial charge in [-0.2, -0.15) is 0 Å². The van der Waals surface area contributed by atoms with E-state index in [4.69, 9.17) is 4.42 Å². The van der Waals surface area contributed by atoms with Crippen LogP contribution in [0.25, 0.3) is 11.1 Å². The number of nitrogens with zero attached hydrogens (tertiary/aromatic N) is 2. The molecule has 0 saturated carbocycles. The molecule has 1 amide bonds. The average Bonchev–Trinajstić information content (AvgIpc) is 2.70. The van der Waals surface area contributed by atoms with Crippen LogP contribution in [-0.2, 0) is 7.05 Å². The average molecular weight is 262 g/mol. The van der Waals surface area contributed by atoms with Gasteiger partial charge in [0.05, 0.1) is 5.52 Å². The van der Waals surface area contributed by atoms with E-state index in [9.17, 15) is 9.59 Å². The highest BCUT2D eigenvalue weighted by Crippen LogP contribution is 2.15. The molecule has 0 fully saturated rings. The summed E-state index contributed by atoms with van der Waals surface area (Å²) in [5.74, 6) is -0.456. The topological polar surface area (TPSA) is 55.5 Å². The molecule has 0 radical (unpaired) electrons. The summed E-state index contributed by atoms with van der Waals surface area (Å²) in [6.07, 6.45) is 2.03. The highest BCUT2D eigenvalue weighted by Gasteiger charge is 2.14. The van der Waals surface area contributed by atoms with E-state index in [2.05, 4.69) is 6.92 Å². The molecule has 2 aromatic rings. The third kappa shape index (κ3) is 2.54. The van der Waals surface area contributed by atoms with Crippen LogP contribution in [0.3, 0.4) is 0 Å². The Morgan fingerprint density at radius 2 is 2.16 bits per heavy atom. The number of hydrogen-bond acceptors (Lipinski definition) is 3. The molecule has 1 aromatic carbocycles. The fraction of sp³-hybridized carbons (Fsp3) is 0.429. The van der Waals surface area contributed by atoms with Crippen molar-refractivity contribution in [1.29, 1.82) is 0 Å². The maximum absolute atomic E-state index is 12.2. The second-order valence-electron chi connectivity index (χ2n) is 4.69. The molecule has 5 heteroatoms. The number of benzene rings is 1. The number of fused-ring (bicyclic) bond motifs is 1. The van der Waals surface area contributed by atoms with Crippen LogP contribution in [-0.4, -0.2) is 29.0 Å². The number of hydrogen-bond donors (Lipinski definition) is 0. The van der Waals surface area contributed by atoms with Crippen molar-refractivity contribution in [3.8, 4) is 0 Å². The molecule has 0 saturated heterocycles. The van der Waals surface area contributed by atoms with E-state index in [1.54, 1.807) is 37.2 Å². The minimum absolute atomic E-state index is 0.0380. The smallest absolute Gasteiger partial charge is 0.408 e. The maximum Gasteiger partial charge on any atom is 0.419 e. The molecule has 2 rings (SSSR count). The van der Waals surface area contributed by atoms with Crippen LogP contribution in [0.1, 0.15) is 30.1 Å². The Labute approximate surface area is 111 Å². The Hall–Kier alpha value is -2.04. The number of aromatic nitrogens is 1. The van der Waals surface area contributed by atoms with E-state index < -0.39 is 5.76 Å². The Morgan fingerprint density at radius 1 is 1.42 bits per heavy atom. The quantitative estimate of drug-likeness (QED) is 0.846. The summed E-state index contributed by atoms with van der Waals surface area (Å²) >= 11 is 0. The second kappa shape index (κ2) is 5.30. The molecule has 0 bridgehead atoms. The monoisotopic (exact) mass is 262 g/mol. The summed E-state index contributed by atoms with van der Waals surface area (Å²) in [6.45, 7) is 2.82. The number of amides is 1. The largest absolute Gasteiger partial charge is 0.419 e. The lowest BCUT2D eigenvalue weighted by molar-refractivity contribution is 0.0793. The molecule has 0 unspecified atom stereocenters. The van der Waals surface area contributed by atoms with Gasteiger partial charge in [-0.25, -0.2) is 4.79 Å². The number of aryl methyl sites for hydroxylation is 1. The fourth-order valence-electron chi connectivity index (χ4n) is 1.98. The molecular weight excluding hydrogens is 244 g/mol. The van der Waals surface area contributed by atoms with Crippen LogP contribution >= 0.6 is 0 Å². The van der Waals surface area contributed by atoms with Crippen LogP contribution in [0.5, 0.6) is 0 Å². The van der Waals surface area contributed by atoms with Crippen LogP contribution in [0.4, 0.5) is 0 Å². The zero-order valence-corrected chi connectivity index (χ0v) is 11.5.